The molecular formula is C10H14. The van der Waals surface area contributed by atoms with Crippen LogP contribution in [0.15, 0.2) is 0 Å². The molecule has 0 heteroatoms. The van der Waals surface area contributed by atoms with Crippen LogP contribution < -0.4 is 0 Å². The SMILES string of the molecule is C#CC(C#CC)CC(C)C. The molecule has 0 nitrogen and oxygen atoms in total. The van der Waals surface area contributed by atoms with Crippen LogP contribution in [0.25, 0.3) is 0 Å². The first-order valence-electron chi connectivity index (χ1n) is 3.59. The Balaban J connectivity index is 3.83. The molecule has 0 spiro atoms. The van der Waals surface area contributed by atoms with E-state index in [1.807, 2.05) is 6.92 Å². The van der Waals surface area contributed by atoms with E-state index in [0.29, 0.717) is 5.92 Å². The molecule has 54 valence electrons. The van der Waals surface area contributed by atoms with Gasteiger partial charge in [-0.1, -0.05) is 25.7 Å². The Kier molecular flexibility index (Phi) is 4.51. The first-order valence-corrected chi connectivity index (χ1v) is 3.59. The Morgan fingerprint density at radius 2 is 2.00 bits per heavy atom. The molecule has 0 saturated carbocycles. The zero-order chi connectivity index (χ0) is 7.98. The molecule has 0 fully saturated rings. The first-order chi connectivity index (χ1) is 4.70. The third kappa shape index (κ3) is 4.04. The van der Waals surface area contributed by atoms with Gasteiger partial charge >= 0.3 is 0 Å². The second kappa shape index (κ2) is 4.95. The topological polar surface area (TPSA) is 0 Å². The van der Waals surface area contributed by atoms with E-state index in [1.165, 1.54) is 0 Å². The summed E-state index contributed by atoms with van der Waals surface area (Å²) >= 11 is 0. The van der Waals surface area contributed by atoms with Crippen molar-refractivity contribution in [3.05, 3.63) is 0 Å². The molecule has 0 aliphatic heterocycles. The summed E-state index contributed by atoms with van der Waals surface area (Å²) in [5.74, 6) is 9.27. The highest BCUT2D eigenvalue weighted by atomic mass is 14.0. The van der Waals surface area contributed by atoms with E-state index in [4.69, 9.17) is 6.42 Å². The summed E-state index contributed by atoms with van der Waals surface area (Å²) in [5, 5.41) is 0. The van der Waals surface area contributed by atoms with Gasteiger partial charge in [-0.05, 0) is 19.3 Å². The van der Waals surface area contributed by atoms with Gasteiger partial charge in [0, 0.05) is 0 Å². The Morgan fingerprint density at radius 3 is 2.30 bits per heavy atom. The molecule has 0 amide bonds. The second-order valence-corrected chi connectivity index (χ2v) is 2.74. The average molecular weight is 134 g/mol. The predicted octanol–water partition coefficient (Wildman–Crippen LogP) is 2.31. The average Bonchev–Trinajstić information content (AvgIpc) is 1.86. The number of hydrogen-bond acceptors (Lipinski definition) is 0. The van der Waals surface area contributed by atoms with Crippen LogP contribution in [-0.2, 0) is 0 Å². The highest BCUT2D eigenvalue weighted by Gasteiger charge is 2.02. The summed E-state index contributed by atoms with van der Waals surface area (Å²) in [4.78, 5) is 0. The summed E-state index contributed by atoms with van der Waals surface area (Å²) in [7, 11) is 0. The van der Waals surface area contributed by atoms with Crippen molar-refractivity contribution in [3.8, 4) is 24.2 Å². The van der Waals surface area contributed by atoms with Crippen molar-refractivity contribution in [2.24, 2.45) is 11.8 Å². The molecule has 0 aromatic heterocycles. The fourth-order valence-corrected chi connectivity index (χ4v) is 0.814. The summed E-state index contributed by atoms with van der Waals surface area (Å²) < 4.78 is 0. The van der Waals surface area contributed by atoms with Crippen LogP contribution in [-0.4, -0.2) is 0 Å². The van der Waals surface area contributed by atoms with Crippen molar-refractivity contribution in [3.63, 3.8) is 0 Å². The molecule has 0 aliphatic carbocycles. The Hall–Kier alpha value is -0.880. The Labute approximate surface area is 64.0 Å². The fourth-order valence-electron chi connectivity index (χ4n) is 0.814. The second-order valence-electron chi connectivity index (χ2n) is 2.74. The van der Waals surface area contributed by atoms with E-state index in [-0.39, 0.29) is 5.92 Å². The van der Waals surface area contributed by atoms with E-state index >= 15 is 0 Å². The first kappa shape index (κ1) is 9.12. The third-order valence-corrected chi connectivity index (χ3v) is 1.23. The molecule has 0 bridgehead atoms. The van der Waals surface area contributed by atoms with Crippen LogP contribution in [0.5, 0.6) is 0 Å². The van der Waals surface area contributed by atoms with Crippen LogP contribution in [0.2, 0.25) is 0 Å². The molecule has 10 heavy (non-hydrogen) atoms. The van der Waals surface area contributed by atoms with Crippen molar-refractivity contribution in [1.29, 1.82) is 0 Å². The summed E-state index contributed by atoms with van der Waals surface area (Å²) in [6.45, 7) is 6.13. The maximum Gasteiger partial charge on any atom is 0.0811 e. The maximum absolute atomic E-state index is 5.25. The lowest BCUT2D eigenvalue weighted by molar-refractivity contribution is 0.550. The molecular weight excluding hydrogens is 120 g/mol. The van der Waals surface area contributed by atoms with Gasteiger partial charge in [0.2, 0.25) is 0 Å². The molecule has 1 atom stereocenters. The smallest absolute Gasteiger partial charge is 0.0811 e. The molecule has 0 rings (SSSR count). The normalized spacial score (nSPS) is 11.5. The molecule has 0 aromatic rings. The quantitative estimate of drug-likeness (QED) is 0.508. The van der Waals surface area contributed by atoms with Gasteiger partial charge in [-0.3, -0.25) is 0 Å². The van der Waals surface area contributed by atoms with E-state index in [9.17, 15) is 0 Å². The number of hydrogen-bond donors (Lipinski definition) is 0. The lowest BCUT2D eigenvalue weighted by Gasteiger charge is -2.04. The highest BCUT2D eigenvalue weighted by Crippen LogP contribution is 2.08. The summed E-state index contributed by atoms with van der Waals surface area (Å²) in [5.41, 5.74) is 0. The minimum Gasteiger partial charge on any atom is -0.119 e. The van der Waals surface area contributed by atoms with Crippen molar-refractivity contribution < 1.29 is 0 Å². The van der Waals surface area contributed by atoms with Gasteiger partial charge in [0.05, 0.1) is 5.92 Å². The molecule has 0 N–H and O–H groups in total. The standard InChI is InChI=1S/C10H14/c1-5-7-10(6-2)8-9(3)4/h2,9-10H,8H2,1,3-4H3. The Morgan fingerprint density at radius 1 is 1.40 bits per heavy atom. The zero-order valence-electron chi connectivity index (χ0n) is 6.94. The minimum absolute atomic E-state index is 0.157. The molecule has 0 radical (unpaired) electrons. The van der Waals surface area contributed by atoms with Crippen LogP contribution in [0.1, 0.15) is 27.2 Å². The summed E-state index contributed by atoms with van der Waals surface area (Å²) in [6, 6.07) is 0. The van der Waals surface area contributed by atoms with Gasteiger partial charge in [-0.25, -0.2) is 0 Å². The number of terminal acetylenes is 1. The van der Waals surface area contributed by atoms with E-state index in [2.05, 4.69) is 31.6 Å². The van der Waals surface area contributed by atoms with Crippen LogP contribution >= 0.6 is 0 Å². The largest absolute Gasteiger partial charge is 0.119 e. The number of rotatable bonds is 2. The fraction of sp³-hybridized carbons (Fsp3) is 0.600. The van der Waals surface area contributed by atoms with Gasteiger partial charge in [-0.2, -0.15) is 0 Å². The zero-order valence-corrected chi connectivity index (χ0v) is 6.94. The predicted molar refractivity (Wildman–Crippen MR) is 45.2 cm³/mol. The van der Waals surface area contributed by atoms with Crippen molar-refractivity contribution in [2.45, 2.75) is 27.2 Å². The van der Waals surface area contributed by atoms with Crippen LogP contribution in [0, 0.1) is 36.0 Å². The van der Waals surface area contributed by atoms with E-state index in [0.717, 1.165) is 6.42 Å². The van der Waals surface area contributed by atoms with Gasteiger partial charge in [-0.15, -0.1) is 12.3 Å². The van der Waals surface area contributed by atoms with Crippen molar-refractivity contribution in [1.82, 2.24) is 0 Å². The van der Waals surface area contributed by atoms with E-state index in [1.54, 1.807) is 0 Å². The minimum atomic E-state index is 0.157. The lowest BCUT2D eigenvalue weighted by Crippen LogP contribution is -1.98. The third-order valence-electron chi connectivity index (χ3n) is 1.23. The van der Waals surface area contributed by atoms with Crippen molar-refractivity contribution >= 4 is 0 Å². The van der Waals surface area contributed by atoms with Gasteiger partial charge in [0.1, 0.15) is 0 Å². The molecule has 0 aliphatic rings. The van der Waals surface area contributed by atoms with Crippen LogP contribution in [0.4, 0.5) is 0 Å². The molecule has 0 heterocycles. The molecule has 0 saturated heterocycles. The van der Waals surface area contributed by atoms with E-state index < -0.39 is 0 Å². The lowest BCUT2D eigenvalue weighted by atomic mass is 9.99. The van der Waals surface area contributed by atoms with Crippen LogP contribution in [0.3, 0.4) is 0 Å². The summed E-state index contributed by atoms with van der Waals surface area (Å²) in [6.07, 6.45) is 6.27. The molecule has 1 unspecified atom stereocenters. The maximum atomic E-state index is 5.25. The monoisotopic (exact) mass is 134 g/mol. The Bertz CT molecular complexity index is 170. The molecule has 0 aromatic carbocycles. The van der Waals surface area contributed by atoms with Gasteiger partial charge < -0.3 is 0 Å². The van der Waals surface area contributed by atoms with Gasteiger partial charge in [0.15, 0.2) is 0 Å². The van der Waals surface area contributed by atoms with Crippen molar-refractivity contribution in [2.75, 3.05) is 0 Å². The van der Waals surface area contributed by atoms with Gasteiger partial charge in [0.25, 0.3) is 0 Å². The highest BCUT2D eigenvalue weighted by molar-refractivity contribution is 5.13.